The van der Waals surface area contributed by atoms with Crippen molar-refractivity contribution >= 4 is 29.1 Å². The summed E-state index contributed by atoms with van der Waals surface area (Å²) in [6.07, 6.45) is 0.456. The average Bonchev–Trinajstić information content (AvgIpc) is 2.50. The molecule has 0 heterocycles. The van der Waals surface area contributed by atoms with Crippen molar-refractivity contribution in [2.75, 3.05) is 32.3 Å². The van der Waals surface area contributed by atoms with E-state index in [0.29, 0.717) is 41.5 Å². The second-order valence-electron chi connectivity index (χ2n) is 4.51. The number of amides is 1. The van der Waals surface area contributed by atoms with Crippen molar-refractivity contribution in [3.63, 3.8) is 0 Å². The number of hydrogen-bond acceptors (Lipinski definition) is 6. The van der Waals surface area contributed by atoms with Crippen molar-refractivity contribution < 1.29 is 19.1 Å². The molecule has 1 aromatic carbocycles. The van der Waals surface area contributed by atoms with Gasteiger partial charge in [-0.05, 0) is 13.0 Å². The molecule has 7 heteroatoms. The van der Waals surface area contributed by atoms with E-state index in [0.717, 1.165) is 4.90 Å². The molecular weight excluding hydrogens is 304 g/mol. The number of methoxy groups -OCH3 is 2. The van der Waals surface area contributed by atoms with E-state index in [1.165, 1.54) is 32.9 Å². The number of nitrogens with two attached hydrogens (primary N) is 1. The lowest BCUT2D eigenvalue weighted by Crippen LogP contribution is -2.24. The summed E-state index contributed by atoms with van der Waals surface area (Å²) in [5.74, 6) is 1.45. The lowest BCUT2D eigenvalue weighted by atomic mass is 10.1. The van der Waals surface area contributed by atoms with Crippen molar-refractivity contribution in [2.24, 2.45) is 0 Å². The third kappa shape index (κ3) is 4.30. The summed E-state index contributed by atoms with van der Waals surface area (Å²) < 4.78 is 10.7. The molecule has 0 aliphatic carbocycles. The number of ether oxygens (including phenoxy) is 2. The van der Waals surface area contributed by atoms with E-state index in [1.54, 1.807) is 13.0 Å². The number of Topliss-reactive ketones (excluding diaryl/α,β-unsaturated/α-hetero) is 1. The molecule has 0 bridgehead atoms. The number of carbonyl (C=O) groups is 2. The van der Waals surface area contributed by atoms with Crippen LogP contribution in [0.3, 0.4) is 0 Å². The summed E-state index contributed by atoms with van der Waals surface area (Å²) in [6, 6.07) is 1.62. The number of hydrogen-bond donors (Lipinski definition) is 2. The van der Waals surface area contributed by atoms with Gasteiger partial charge in [-0.3, -0.25) is 9.59 Å². The largest absolute Gasteiger partial charge is 0.495 e. The van der Waals surface area contributed by atoms with Crippen LogP contribution in [0.15, 0.2) is 11.0 Å². The zero-order chi connectivity index (χ0) is 16.7. The highest BCUT2D eigenvalue weighted by Crippen LogP contribution is 2.43. The SMILES string of the molecule is CCC(=O)NCCSc1c(OC)cc(C(C)=O)c(N)c1OC. The molecule has 22 heavy (non-hydrogen) atoms. The van der Waals surface area contributed by atoms with Gasteiger partial charge in [-0.15, -0.1) is 11.8 Å². The van der Waals surface area contributed by atoms with E-state index in [1.807, 2.05) is 0 Å². The van der Waals surface area contributed by atoms with E-state index in [-0.39, 0.29) is 11.7 Å². The number of carbonyl (C=O) groups excluding carboxylic acids is 2. The molecule has 1 rings (SSSR count). The first kappa shape index (κ1) is 18.2. The minimum Gasteiger partial charge on any atom is -0.495 e. The number of nitrogen functional groups attached to an aromatic ring is 1. The fourth-order valence-electron chi connectivity index (χ4n) is 1.88. The van der Waals surface area contributed by atoms with Crippen molar-refractivity contribution in [3.8, 4) is 11.5 Å². The number of rotatable bonds is 8. The highest BCUT2D eigenvalue weighted by atomic mass is 32.2. The van der Waals surface area contributed by atoms with Crippen LogP contribution in [0.4, 0.5) is 5.69 Å². The highest BCUT2D eigenvalue weighted by molar-refractivity contribution is 7.99. The molecule has 0 unspecified atom stereocenters. The third-order valence-corrected chi connectivity index (χ3v) is 4.12. The van der Waals surface area contributed by atoms with Crippen LogP contribution in [0, 0.1) is 0 Å². The Labute approximate surface area is 134 Å². The van der Waals surface area contributed by atoms with Gasteiger partial charge in [0.2, 0.25) is 5.91 Å². The molecule has 0 fully saturated rings. The summed E-state index contributed by atoms with van der Waals surface area (Å²) in [7, 11) is 3.02. The van der Waals surface area contributed by atoms with Gasteiger partial charge in [0.05, 0.1) is 24.8 Å². The van der Waals surface area contributed by atoms with E-state index in [4.69, 9.17) is 15.2 Å². The third-order valence-electron chi connectivity index (χ3n) is 3.04. The summed E-state index contributed by atoms with van der Waals surface area (Å²) in [5, 5.41) is 2.79. The number of benzene rings is 1. The average molecular weight is 326 g/mol. The van der Waals surface area contributed by atoms with Crippen LogP contribution in [0.5, 0.6) is 11.5 Å². The Bertz CT molecular complexity index is 561. The molecule has 0 radical (unpaired) electrons. The molecular formula is C15H22N2O4S. The van der Waals surface area contributed by atoms with Gasteiger partial charge < -0.3 is 20.5 Å². The number of thioether (sulfide) groups is 1. The second kappa shape index (κ2) is 8.53. The van der Waals surface area contributed by atoms with Gasteiger partial charge in [0.1, 0.15) is 5.75 Å². The molecule has 0 aromatic heterocycles. The molecule has 0 spiro atoms. The summed E-state index contributed by atoms with van der Waals surface area (Å²) in [4.78, 5) is 23.6. The van der Waals surface area contributed by atoms with E-state index < -0.39 is 0 Å². The molecule has 0 aliphatic rings. The van der Waals surface area contributed by atoms with Crippen LogP contribution in [0.1, 0.15) is 30.6 Å². The highest BCUT2D eigenvalue weighted by Gasteiger charge is 2.20. The number of anilines is 1. The van der Waals surface area contributed by atoms with Crippen LogP contribution in [-0.4, -0.2) is 38.2 Å². The minimum atomic E-state index is -0.152. The van der Waals surface area contributed by atoms with Crippen LogP contribution in [0.2, 0.25) is 0 Å². The maximum atomic E-state index is 11.6. The zero-order valence-corrected chi connectivity index (χ0v) is 14.1. The van der Waals surface area contributed by atoms with Gasteiger partial charge in [0.15, 0.2) is 11.5 Å². The standard InChI is InChI=1S/C15H22N2O4S/c1-5-12(19)17-6-7-22-15-11(20-3)8-10(9(2)18)13(16)14(15)21-4/h8H,5-7,16H2,1-4H3,(H,17,19). The van der Waals surface area contributed by atoms with Gasteiger partial charge in [0.25, 0.3) is 0 Å². The summed E-state index contributed by atoms with van der Waals surface area (Å²) in [6.45, 7) is 3.77. The quantitative estimate of drug-likeness (QED) is 0.329. The topological polar surface area (TPSA) is 90.7 Å². The van der Waals surface area contributed by atoms with Crippen LogP contribution in [-0.2, 0) is 4.79 Å². The van der Waals surface area contributed by atoms with Gasteiger partial charge >= 0.3 is 0 Å². The maximum absolute atomic E-state index is 11.6. The Hall–Kier alpha value is -1.89. The van der Waals surface area contributed by atoms with Crippen molar-refractivity contribution in [2.45, 2.75) is 25.2 Å². The van der Waals surface area contributed by atoms with E-state index in [2.05, 4.69) is 5.32 Å². The van der Waals surface area contributed by atoms with Crippen LogP contribution >= 0.6 is 11.8 Å². The molecule has 0 aliphatic heterocycles. The van der Waals surface area contributed by atoms with E-state index >= 15 is 0 Å². The Morgan fingerprint density at radius 2 is 2.00 bits per heavy atom. The Balaban J connectivity index is 2.99. The lowest BCUT2D eigenvalue weighted by Gasteiger charge is -2.17. The maximum Gasteiger partial charge on any atom is 0.219 e. The molecule has 0 saturated heterocycles. The zero-order valence-electron chi connectivity index (χ0n) is 13.3. The first-order valence-electron chi connectivity index (χ1n) is 6.91. The summed E-state index contributed by atoms with van der Waals surface area (Å²) >= 11 is 1.45. The van der Waals surface area contributed by atoms with Crippen molar-refractivity contribution in [1.29, 1.82) is 0 Å². The van der Waals surface area contributed by atoms with E-state index in [9.17, 15) is 9.59 Å². The molecule has 1 amide bonds. The van der Waals surface area contributed by atoms with Gasteiger partial charge in [-0.1, -0.05) is 6.92 Å². The molecule has 1 aromatic rings. The number of ketones is 1. The molecule has 122 valence electrons. The van der Waals surface area contributed by atoms with Crippen LogP contribution in [0.25, 0.3) is 0 Å². The fraction of sp³-hybridized carbons (Fsp3) is 0.467. The number of nitrogens with one attached hydrogen (secondary N) is 1. The second-order valence-corrected chi connectivity index (χ2v) is 5.62. The first-order valence-corrected chi connectivity index (χ1v) is 7.89. The van der Waals surface area contributed by atoms with Crippen molar-refractivity contribution in [3.05, 3.63) is 11.6 Å². The fourth-order valence-corrected chi connectivity index (χ4v) is 2.90. The van der Waals surface area contributed by atoms with Gasteiger partial charge in [-0.25, -0.2) is 0 Å². The predicted octanol–water partition coefficient (Wildman–Crippen LogP) is 2.11. The molecule has 0 atom stereocenters. The normalized spacial score (nSPS) is 10.2. The smallest absolute Gasteiger partial charge is 0.219 e. The Kier molecular flexibility index (Phi) is 7.04. The first-order chi connectivity index (χ1) is 10.5. The van der Waals surface area contributed by atoms with Gasteiger partial charge in [0, 0.05) is 24.3 Å². The Morgan fingerprint density at radius 1 is 1.32 bits per heavy atom. The Morgan fingerprint density at radius 3 is 2.50 bits per heavy atom. The minimum absolute atomic E-state index is 0.00553. The van der Waals surface area contributed by atoms with Crippen LogP contribution < -0.4 is 20.5 Å². The molecule has 3 N–H and O–H groups in total. The predicted molar refractivity (Wildman–Crippen MR) is 88.0 cm³/mol. The van der Waals surface area contributed by atoms with Crippen molar-refractivity contribution in [1.82, 2.24) is 5.32 Å². The molecule has 6 nitrogen and oxygen atoms in total. The molecule has 0 saturated carbocycles. The summed E-state index contributed by atoms with van der Waals surface area (Å²) in [5.41, 5.74) is 6.68. The monoisotopic (exact) mass is 326 g/mol. The lowest BCUT2D eigenvalue weighted by molar-refractivity contribution is -0.120. The van der Waals surface area contributed by atoms with Gasteiger partial charge in [-0.2, -0.15) is 0 Å².